The summed E-state index contributed by atoms with van der Waals surface area (Å²) in [6.07, 6.45) is 8.02. The van der Waals surface area contributed by atoms with E-state index in [0.29, 0.717) is 41.4 Å². The molecule has 0 saturated heterocycles. The Balaban J connectivity index is 1.50. The van der Waals surface area contributed by atoms with Gasteiger partial charge in [0.25, 0.3) is 5.56 Å². The van der Waals surface area contributed by atoms with Gasteiger partial charge in [0.15, 0.2) is 5.16 Å². The molecule has 33 heavy (non-hydrogen) atoms. The van der Waals surface area contributed by atoms with Gasteiger partial charge in [-0.05, 0) is 45.0 Å². The quantitative estimate of drug-likeness (QED) is 0.384. The van der Waals surface area contributed by atoms with E-state index in [4.69, 9.17) is 0 Å². The Bertz CT molecular complexity index is 1190. The van der Waals surface area contributed by atoms with Crippen molar-refractivity contribution in [2.24, 2.45) is 5.92 Å². The van der Waals surface area contributed by atoms with Crippen LogP contribution in [0.5, 0.6) is 0 Å². The fourth-order valence-electron chi connectivity index (χ4n) is 4.81. The molecular formula is C24H32N6O2S. The minimum Gasteiger partial charge on any atom is -0.354 e. The van der Waals surface area contributed by atoms with Crippen LogP contribution in [-0.4, -0.2) is 62.4 Å². The largest absolute Gasteiger partial charge is 0.354 e. The Morgan fingerprint density at radius 1 is 1.27 bits per heavy atom. The summed E-state index contributed by atoms with van der Waals surface area (Å²) in [5, 5.41) is 12.8. The van der Waals surface area contributed by atoms with Crippen LogP contribution in [-0.2, 0) is 11.3 Å². The standard InChI is InChI=1S/C24H32N6O2S/c1-4-14-29-22(32)18-12-8-9-13-19(18)30-23(29)26-27-24(30)33-16-21(31)25-15-20(28(2)3)17-10-6-5-7-11-17/h4,8-9,12-13,17,20H,1,5-7,10-11,14-16H2,2-3H3,(H,25,31)/t20-/m1/s1. The number of amides is 1. The number of nitrogens with zero attached hydrogens (tertiary/aromatic N) is 5. The number of thioether (sulfide) groups is 1. The highest BCUT2D eigenvalue weighted by Gasteiger charge is 2.26. The van der Waals surface area contributed by atoms with Crippen LogP contribution in [0.25, 0.3) is 16.7 Å². The zero-order valence-corrected chi connectivity index (χ0v) is 20.2. The van der Waals surface area contributed by atoms with Gasteiger partial charge in [-0.25, -0.2) is 0 Å². The van der Waals surface area contributed by atoms with Gasteiger partial charge in [0.1, 0.15) is 0 Å². The molecule has 0 radical (unpaired) electrons. The van der Waals surface area contributed by atoms with Crippen LogP contribution in [0.1, 0.15) is 32.1 Å². The maximum atomic E-state index is 12.9. The Kier molecular flexibility index (Phi) is 7.49. The first-order valence-corrected chi connectivity index (χ1v) is 12.5. The van der Waals surface area contributed by atoms with E-state index in [0.717, 1.165) is 5.52 Å². The summed E-state index contributed by atoms with van der Waals surface area (Å²) in [5.41, 5.74) is 0.604. The van der Waals surface area contributed by atoms with E-state index in [1.54, 1.807) is 16.7 Å². The lowest BCUT2D eigenvalue weighted by Crippen LogP contribution is -2.45. The molecule has 9 heteroatoms. The number of hydrogen-bond donors (Lipinski definition) is 1. The molecule has 8 nitrogen and oxygen atoms in total. The number of allylic oxidation sites excluding steroid dienone is 1. The molecule has 1 amide bonds. The maximum absolute atomic E-state index is 12.9. The molecule has 1 N–H and O–H groups in total. The van der Waals surface area contributed by atoms with Crippen molar-refractivity contribution >= 4 is 34.3 Å². The Morgan fingerprint density at radius 2 is 2.03 bits per heavy atom. The second-order valence-corrected chi connectivity index (χ2v) is 9.80. The first kappa shape index (κ1) is 23.5. The summed E-state index contributed by atoms with van der Waals surface area (Å²) in [6, 6.07) is 7.75. The molecule has 1 aliphatic carbocycles. The van der Waals surface area contributed by atoms with Crippen molar-refractivity contribution in [2.45, 2.75) is 49.8 Å². The molecule has 0 bridgehead atoms. The number of carbonyl (C=O) groups excluding carboxylic acids is 1. The van der Waals surface area contributed by atoms with Crippen molar-refractivity contribution in [1.82, 2.24) is 29.4 Å². The number of rotatable bonds is 9. The molecule has 0 unspecified atom stereocenters. The molecule has 1 atom stereocenters. The molecule has 0 aliphatic heterocycles. The van der Waals surface area contributed by atoms with Crippen LogP contribution in [0.2, 0.25) is 0 Å². The Morgan fingerprint density at radius 3 is 2.76 bits per heavy atom. The lowest BCUT2D eigenvalue weighted by atomic mass is 9.83. The highest BCUT2D eigenvalue weighted by molar-refractivity contribution is 7.99. The third-order valence-electron chi connectivity index (χ3n) is 6.49. The first-order valence-electron chi connectivity index (χ1n) is 11.5. The third kappa shape index (κ3) is 4.99. The summed E-state index contributed by atoms with van der Waals surface area (Å²) in [7, 11) is 4.19. The number of carbonyl (C=O) groups is 1. The van der Waals surface area contributed by atoms with Gasteiger partial charge in [-0.1, -0.05) is 49.2 Å². The predicted octanol–water partition coefficient (Wildman–Crippen LogP) is 2.95. The summed E-state index contributed by atoms with van der Waals surface area (Å²) >= 11 is 1.33. The molecule has 1 aliphatic rings. The van der Waals surface area contributed by atoms with Crippen LogP contribution < -0.4 is 10.9 Å². The van der Waals surface area contributed by atoms with Crippen molar-refractivity contribution in [1.29, 1.82) is 0 Å². The van der Waals surface area contributed by atoms with E-state index in [-0.39, 0.29) is 17.2 Å². The number of nitrogens with one attached hydrogen (secondary N) is 1. The second kappa shape index (κ2) is 10.5. The van der Waals surface area contributed by atoms with Crippen molar-refractivity contribution in [2.75, 3.05) is 26.4 Å². The average molecular weight is 469 g/mol. The average Bonchev–Trinajstić information content (AvgIpc) is 3.25. The molecule has 176 valence electrons. The number of benzene rings is 1. The minimum absolute atomic E-state index is 0.0249. The van der Waals surface area contributed by atoms with Gasteiger partial charge in [0, 0.05) is 19.1 Å². The summed E-state index contributed by atoms with van der Waals surface area (Å²) in [6.45, 7) is 4.74. The fraction of sp³-hybridized carbons (Fsp3) is 0.500. The number of aromatic nitrogens is 4. The summed E-state index contributed by atoms with van der Waals surface area (Å²) < 4.78 is 3.40. The lowest BCUT2D eigenvalue weighted by molar-refractivity contribution is -0.118. The van der Waals surface area contributed by atoms with Gasteiger partial charge in [-0.3, -0.25) is 18.6 Å². The SMILES string of the molecule is C=CCn1c(=O)c2ccccc2n2c(SCC(=O)NC[C@H](C3CCCCC3)N(C)C)nnc12. The van der Waals surface area contributed by atoms with E-state index in [9.17, 15) is 9.59 Å². The van der Waals surface area contributed by atoms with E-state index in [2.05, 4.69) is 41.1 Å². The Hall–Kier alpha value is -2.65. The van der Waals surface area contributed by atoms with E-state index in [1.165, 1.54) is 43.9 Å². The lowest BCUT2D eigenvalue weighted by Gasteiger charge is -2.35. The second-order valence-electron chi connectivity index (χ2n) is 8.86. The van der Waals surface area contributed by atoms with Gasteiger partial charge in [-0.15, -0.1) is 16.8 Å². The number of likely N-dealkylation sites (N-methyl/N-ethyl adjacent to an activating group) is 1. The van der Waals surface area contributed by atoms with E-state index >= 15 is 0 Å². The Labute approximate surface area is 198 Å². The molecule has 1 fully saturated rings. The van der Waals surface area contributed by atoms with E-state index in [1.807, 2.05) is 22.6 Å². The molecule has 1 saturated carbocycles. The summed E-state index contributed by atoms with van der Waals surface area (Å²) in [4.78, 5) is 27.8. The van der Waals surface area contributed by atoms with Crippen molar-refractivity contribution < 1.29 is 4.79 Å². The molecule has 2 heterocycles. The topological polar surface area (TPSA) is 84.5 Å². The van der Waals surface area contributed by atoms with Crippen molar-refractivity contribution in [3.05, 3.63) is 47.3 Å². The van der Waals surface area contributed by atoms with Crippen LogP contribution >= 0.6 is 11.8 Å². The highest BCUT2D eigenvalue weighted by atomic mass is 32.2. The normalized spacial score (nSPS) is 15.8. The highest BCUT2D eigenvalue weighted by Crippen LogP contribution is 2.28. The number of hydrogen-bond acceptors (Lipinski definition) is 6. The molecule has 3 aromatic rings. The minimum atomic E-state index is -0.128. The molecule has 4 rings (SSSR count). The maximum Gasteiger partial charge on any atom is 0.263 e. The molecule has 0 spiro atoms. The van der Waals surface area contributed by atoms with Gasteiger partial charge >= 0.3 is 0 Å². The van der Waals surface area contributed by atoms with Gasteiger partial charge in [-0.2, -0.15) is 0 Å². The first-order chi connectivity index (χ1) is 16.0. The van der Waals surface area contributed by atoms with Gasteiger partial charge < -0.3 is 10.2 Å². The third-order valence-corrected chi connectivity index (χ3v) is 7.42. The van der Waals surface area contributed by atoms with Crippen LogP contribution in [0.15, 0.2) is 46.9 Å². The smallest absolute Gasteiger partial charge is 0.263 e. The van der Waals surface area contributed by atoms with Crippen LogP contribution in [0.3, 0.4) is 0 Å². The van der Waals surface area contributed by atoms with Crippen LogP contribution in [0.4, 0.5) is 0 Å². The van der Waals surface area contributed by atoms with Crippen molar-refractivity contribution in [3.8, 4) is 0 Å². The number of fused-ring (bicyclic) bond motifs is 3. The van der Waals surface area contributed by atoms with Crippen LogP contribution in [0, 0.1) is 5.92 Å². The molecular weight excluding hydrogens is 436 g/mol. The predicted molar refractivity (Wildman–Crippen MR) is 133 cm³/mol. The van der Waals surface area contributed by atoms with E-state index < -0.39 is 0 Å². The molecule has 1 aromatic carbocycles. The van der Waals surface area contributed by atoms with Gasteiger partial charge in [0.2, 0.25) is 11.7 Å². The van der Waals surface area contributed by atoms with Gasteiger partial charge in [0.05, 0.1) is 16.7 Å². The zero-order valence-electron chi connectivity index (χ0n) is 19.4. The number of para-hydroxylation sites is 1. The monoisotopic (exact) mass is 468 g/mol. The molecule has 2 aromatic heterocycles. The van der Waals surface area contributed by atoms with Crippen molar-refractivity contribution in [3.63, 3.8) is 0 Å². The fourth-order valence-corrected chi connectivity index (χ4v) is 5.58. The summed E-state index contributed by atoms with van der Waals surface area (Å²) in [5.74, 6) is 1.30. The zero-order chi connectivity index (χ0) is 23.4.